The molecule has 2 nitrogen and oxygen atoms in total. The molecule has 0 N–H and O–H groups in total. The molecule has 0 unspecified atom stereocenters. The predicted octanol–water partition coefficient (Wildman–Crippen LogP) is 2.38. The van der Waals surface area contributed by atoms with Crippen LogP contribution in [0.2, 0.25) is 0 Å². The minimum atomic E-state index is 0.0399. The van der Waals surface area contributed by atoms with Crippen LogP contribution in [0.3, 0.4) is 0 Å². The number of carbonyl (C=O) groups is 1. The Morgan fingerprint density at radius 1 is 1.31 bits per heavy atom. The molecule has 0 aromatic carbocycles. The zero-order valence-electron chi connectivity index (χ0n) is 8.29. The van der Waals surface area contributed by atoms with Crippen LogP contribution in [0.25, 0.3) is 0 Å². The summed E-state index contributed by atoms with van der Waals surface area (Å²) in [7, 11) is 0. The van der Waals surface area contributed by atoms with Gasteiger partial charge in [-0.3, -0.25) is 4.79 Å². The van der Waals surface area contributed by atoms with Gasteiger partial charge in [-0.1, -0.05) is 19.3 Å². The van der Waals surface area contributed by atoms with Crippen LogP contribution in [-0.4, -0.2) is 12.6 Å². The molecular formula is C11H18O2. The van der Waals surface area contributed by atoms with Crippen LogP contribution in [0.1, 0.15) is 39.0 Å². The summed E-state index contributed by atoms with van der Waals surface area (Å²) in [5, 5.41) is 0. The van der Waals surface area contributed by atoms with Crippen LogP contribution in [0.5, 0.6) is 0 Å². The first kappa shape index (κ1) is 9.04. The second-order valence-corrected chi connectivity index (χ2v) is 4.37. The first-order valence-corrected chi connectivity index (χ1v) is 5.48. The van der Waals surface area contributed by atoms with Gasteiger partial charge in [-0.2, -0.15) is 0 Å². The summed E-state index contributed by atoms with van der Waals surface area (Å²) < 4.78 is 4.99. The highest BCUT2D eigenvalue weighted by atomic mass is 16.5. The summed E-state index contributed by atoms with van der Waals surface area (Å²) in [5.41, 5.74) is 0. The molecule has 0 amide bonds. The minimum absolute atomic E-state index is 0.0399. The highest BCUT2D eigenvalue weighted by molar-refractivity contribution is 5.73. The Morgan fingerprint density at radius 2 is 2.00 bits per heavy atom. The van der Waals surface area contributed by atoms with Crippen molar-refractivity contribution in [1.29, 1.82) is 0 Å². The molecule has 0 aliphatic heterocycles. The molecule has 0 bridgehead atoms. The van der Waals surface area contributed by atoms with E-state index < -0.39 is 0 Å². The monoisotopic (exact) mass is 182 g/mol. The zero-order valence-corrected chi connectivity index (χ0v) is 8.29. The third-order valence-electron chi connectivity index (χ3n) is 3.61. The molecule has 0 aromatic heterocycles. The van der Waals surface area contributed by atoms with Gasteiger partial charge in [0.15, 0.2) is 0 Å². The van der Waals surface area contributed by atoms with Crippen LogP contribution >= 0.6 is 0 Å². The SMILES string of the molecule is CCOC(=O)C1CC(C2CCC2)C1. The summed E-state index contributed by atoms with van der Waals surface area (Å²) in [6.07, 6.45) is 6.42. The van der Waals surface area contributed by atoms with Gasteiger partial charge in [0, 0.05) is 0 Å². The van der Waals surface area contributed by atoms with E-state index >= 15 is 0 Å². The maximum Gasteiger partial charge on any atom is 0.308 e. The molecule has 74 valence electrons. The van der Waals surface area contributed by atoms with Gasteiger partial charge >= 0.3 is 5.97 Å². The van der Waals surface area contributed by atoms with Crippen LogP contribution in [-0.2, 0) is 9.53 Å². The fraction of sp³-hybridized carbons (Fsp3) is 0.909. The average molecular weight is 182 g/mol. The van der Waals surface area contributed by atoms with Crippen molar-refractivity contribution in [3.63, 3.8) is 0 Å². The topological polar surface area (TPSA) is 26.3 Å². The molecule has 0 saturated heterocycles. The van der Waals surface area contributed by atoms with Crippen LogP contribution < -0.4 is 0 Å². The van der Waals surface area contributed by atoms with E-state index in [-0.39, 0.29) is 11.9 Å². The summed E-state index contributed by atoms with van der Waals surface area (Å²) in [6, 6.07) is 0. The Morgan fingerprint density at radius 3 is 2.46 bits per heavy atom. The predicted molar refractivity (Wildman–Crippen MR) is 50.2 cm³/mol. The molecule has 2 heteroatoms. The van der Waals surface area contributed by atoms with Crippen molar-refractivity contribution < 1.29 is 9.53 Å². The van der Waals surface area contributed by atoms with Gasteiger partial charge in [0.05, 0.1) is 12.5 Å². The Hall–Kier alpha value is -0.530. The van der Waals surface area contributed by atoms with Gasteiger partial charge in [-0.05, 0) is 31.6 Å². The molecule has 0 atom stereocenters. The van der Waals surface area contributed by atoms with E-state index in [0.717, 1.165) is 24.7 Å². The van der Waals surface area contributed by atoms with Crippen LogP contribution in [0, 0.1) is 17.8 Å². The maximum absolute atomic E-state index is 11.3. The zero-order chi connectivity index (χ0) is 9.26. The smallest absolute Gasteiger partial charge is 0.308 e. The Balaban J connectivity index is 1.68. The second kappa shape index (κ2) is 3.69. The lowest BCUT2D eigenvalue weighted by Gasteiger charge is -2.43. The average Bonchev–Trinajstić information content (AvgIpc) is 1.91. The van der Waals surface area contributed by atoms with E-state index in [0.29, 0.717) is 6.61 Å². The largest absolute Gasteiger partial charge is 0.466 e. The highest BCUT2D eigenvalue weighted by Gasteiger charge is 2.41. The first-order valence-electron chi connectivity index (χ1n) is 5.48. The molecule has 2 aliphatic carbocycles. The Bertz CT molecular complexity index is 190. The maximum atomic E-state index is 11.3. The molecular weight excluding hydrogens is 164 g/mol. The number of rotatable bonds is 3. The highest BCUT2D eigenvalue weighted by Crippen LogP contribution is 2.47. The Kier molecular flexibility index (Phi) is 2.56. The quantitative estimate of drug-likeness (QED) is 0.626. The molecule has 0 heterocycles. The van der Waals surface area contributed by atoms with Gasteiger partial charge in [-0.25, -0.2) is 0 Å². The van der Waals surface area contributed by atoms with E-state index in [4.69, 9.17) is 4.74 Å². The number of carbonyl (C=O) groups excluding carboxylic acids is 1. The van der Waals surface area contributed by atoms with Crippen molar-refractivity contribution in [3.05, 3.63) is 0 Å². The van der Waals surface area contributed by atoms with E-state index in [1.807, 2.05) is 6.92 Å². The van der Waals surface area contributed by atoms with Crippen molar-refractivity contribution in [2.45, 2.75) is 39.0 Å². The van der Waals surface area contributed by atoms with E-state index in [1.54, 1.807) is 0 Å². The van der Waals surface area contributed by atoms with Gasteiger partial charge in [0.2, 0.25) is 0 Å². The van der Waals surface area contributed by atoms with Crippen molar-refractivity contribution >= 4 is 5.97 Å². The fourth-order valence-corrected chi connectivity index (χ4v) is 2.41. The molecule has 2 saturated carbocycles. The minimum Gasteiger partial charge on any atom is -0.466 e. The normalized spacial score (nSPS) is 33.3. The summed E-state index contributed by atoms with van der Waals surface area (Å²) in [4.78, 5) is 11.3. The standard InChI is InChI=1S/C11H18O2/c1-2-13-11(12)10-6-9(7-10)8-4-3-5-8/h8-10H,2-7H2,1H3. The molecule has 0 aromatic rings. The fourth-order valence-electron chi connectivity index (χ4n) is 2.41. The van der Waals surface area contributed by atoms with Crippen molar-refractivity contribution in [3.8, 4) is 0 Å². The lowest BCUT2D eigenvalue weighted by molar-refractivity contribution is -0.154. The van der Waals surface area contributed by atoms with Crippen molar-refractivity contribution in [1.82, 2.24) is 0 Å². The number of ether oxygens (including phenoxy) is 1. The molecule has 2 aliphatic rings. The number of hydrogen-bond acceptors (Lipinski definition) is 2. The first-order chi connectivity index (χ1) is 6.31. The summed E-state index contributed by atoms with van der Waals surface area (Å²) in [6.45, 7) is 2.41. The Labute approximate surface area is 79.7 Å². The van der Waals surface area contributed by atoms with Crippen molar-refractivity contribution in [2.24, 2.45) is 17.8 Å². The van der Waals surface area contributed by atoms with Crippen LogP contribution in [0.4, 0.5) is 0 Å². The van der Waals surface area contributed by atoms with Crippen molar-refractivity contribution in [2.75, 3.05) is 6.61 Å². The third-order valence-corrected chi connectivity index (χ3v) is 3.61. The van der Waals surface area contributed by atoms with Gasteiger partial charge in [-0.15, -0.1) is 0 Å². The lowest BCUT2D eigenvalue weighted by Crippen LogP contribution is -2.38. The third kappa shape index (κ3) is 1.72. The van der Waals surface area contributed by atoms with Crippen LogP contribution in [0.15, 0.2) is 0 Å². The second-order valence-electron chi connectivity index (χ2n) is 4.37. The molecule has 0 spiro atoms. The summed E-state index contributed by atoms with van der Waals surface area (Å²) in [5.74, 6) is 2.08. The molecule has 2 fully saturated rings. The van der Waals surface area contributed by atoms with Gasteiger partial charge in [0.25, 0.3) is 0 Å². The lowest BCUT2D eigenvalue weighted by atomic mass is 9.62. The molecule has 2 rings (SSSR count). The number of esters is 1. The van der Waals surface area contributed by atoms with E-state index in [9.17, 15) is 4.79 Å². The van der Waals surface area contributed by atoms with Gasteiger partial charge in [0.1, 0.15) is 0 Å². The summed E-state index contributed by atoms with van der Waals surface area (Å²) >= 11 is 0. The molecule has 0 radical (unpaired) electrons. The van der Waals surface area contributed by atoms with Gasteiger partial charge < -0.3 is 4.74 Å². The van der Waals surface area contributed by atoms with E-state index in [1.165, 1.54) is 19.3 Å². The number of hydrogen-bond donors (Lipinski definition) is 0. The van der Waals surface area contributed by atoms with E-state index in [2.05, 4.69) is 0 Å². The molecule has 13 heavy (non-hydrogen) atoms.